The van der Waals surface area contributed by atoms with Crippen molar-refractivity contribution >= 4 is 46.1 Å². The van der Waals surface area contributed by atoms with Crippen LogP contribution in [0.15, 0.2) is 51.4 Å². The molecule has 2 aromatic heterocycles. The average molecular weight is 443 g/mol. The maximum Gasteiger partial charge on any atom is 0.257 e. The van der Waals surface area contributed by atoms with E-state index >= 15 is 0 Å². The van der Waals surface area contributed by atoms with Crippen molar-refractivity contribution in [1.29, 1.82) is 0 Å². The molecule has 0 saturated heterocycles. The van der Waals surface area contributed by atoms with Gasteiger partial charge in [0.25, 0.3) is 5.91 Å². The topological polar surface area (TPSA) is 111 Å². The summed E-state index contributed by atoms with van der Waals surface area (Å²) in [5.41, 5.74) is 6.27. The monoisotopic (exact) mass is 442 g/mol. The standard InChI is InChI=1S/C21H22N4O3S2/c1-21(2,3)15-10-23-17(28-15)12-29-18-11-24-20(30-18)25-19(27)14-7-4-13(5-8-14)6-9-16(22)26/h4-11H,12H2,1-3H3,(H2,22,26)(H,24,25,27). The third kappa shape index (κ3) is 6.04. The Morgan fingerprint density at radius 1 is 1.20 bits per heavy atom. The molecule has 0 aliphatic rings. The summed E-state index contributed by atoms with van der Waals surface area (Å²) in [5, 5.41) is 3.31. The van der Waals surface area contributed by atoms with Crippen molar-refractivity contribution in [2.24, 2.45) is 5.73 Å². The molecule has 0 aliphatic heterocycles. The number of primary amides is 1. The summed E-state index contributed by atoms with van der Waals surface area (Å²) in [6.07, 6.45) is 6.35. The van der Waals surface area contributed by atoms with Gasteiger partial charge >= 0.3 is 0 Å². The molecule has 9 heteroatoms. The van der Waals surface area contributed by atoms with E-state index in [4.69, 9.17) is 10.2 Å². The second kappa shape index (κ2) is 9.27. The van der Waals surface area contributed by atoms with Crippen LogP contribution in [-0.2, 0) is 16.0 Å². The van der Waals surface area contributed by atoms with Crippen molar-refractivity contribution in [3.8, 4) is 0 Å². The molecule has 0 fully saturated rings. The van der Waals surface area contributed by atoms with Crippen molar-refractivity contribution < 1.29 is 14.0 Å². The van der Waals surface area contributed by atoms with Gasteiger partial charge in [-0.15, -0.1) is 11.8 Å². The summed E-state index contributed by atoms with van der Waals surface area (Å²) in [6.45, 7) is 6.23. The van der Waals surface area contributed by atoms with Crippen LogP contribution < -0.4 is 11.1 Å². The van der Waals surface area contributed by atoms with Gasteiger partial charge in [0.2, 0.25) is 11.8 Å². The number of carbonyl (C=O) groups is 2. The number of aromatic nitrogens is 2. The van der Waals surface area contributed by atoms with E-state index in [2.05, 4.69) is 36.1 Å². The lowest BCUT2D eigenvalue weighted by atomic mass is 9.94. The number of rotatable bonds is 7. The van der Waals surface area contributed by atoms with Crippen LogP contribution >= 0.6 is 23.1 Å². The van der Waals surface area contributed by atoms with E-state index in [1.165, 1.54) is 17.4 Å². The lowest BCUT2D eigenvalue weighted by molar-refractivity contribution is -0.113. The molecular weight excluding hydrogens is 420 g/mol. The van der Waals surface area contributed by atoms with Gasteiger partial charge in [0.15, 0.2) is 5.13 Å². The normalized spacial score (nSPS) is 11.7. The SMILES string of the molecule is CC(C)(C)c1cnc(CSc2cnc(NC(=O)c3ccc(C=CC(N)=O)cc3)s2)o1. The van der Waals surface area contributed by atoms with Crippen molar-refractivity contribution in [2.75, 3.05) is 5.32 Å². The number of carbonyl (C=O) groups excluding carboxylic acids is 2. The Morgan fingerprint density at radius 3 is 2.57 bits per heavy atom. The zero-order valence-corrected chi connectivity index (χ0v) is 18.5. The highest BCUT2D eigenvalue weighted by atomic mass is 32.2. The number of thioether (sulfide) groups is 1. The Labute approximate surface area is 182 Å². The largest absolute Gasteiger partial charge is 0.444 e. The van der Waals surface area contributed by atoms with Crippen LogP contribution in [0.2, 0.25) is 0 Å². The summed E-state index contributed by atoms with van der Waals surface area (Å²) in [4.78, 5) is 31.8. The van der Waals surface area contributed by atoms with Gasteiger partial charge in [-0.05, 0) is 23.8 Å². The summed E-state index contributed by atoms with van der Waals surface area (Å²) < 4.78 is 6.74. The quantitative estimate of drug-likeness (QED) is 0.412. The average Bonchev–Trinajstić information content (AvgIpc) is 3.34. The molecule has 7 nitrogen and oxygen atoms in total. The van der Waals surface area contributed by atoms with E-state index in [0.29, 0.717) is 22.3 Å². The molecule has 1 aromatic carbocycles. The van der Waals surface area contributed by atoms with E-state index in [1.807, 2.05) is 0 Å². The lowest BCUT2D eigenvalue weighted by Crippen LogP contribution is -2.11. The molecule has 2 heterocycles. The highest BCUT2D eigenvalue weighted by Gasteiger charge is 2.19. The zero-order valence-electron chi connectivity index (χ0n) is 16.8. The fourth-order valence-corrected chi connectivity index (χ4v) is 4.05. The Kier molecular flexibility index (Phi) is 6.73. The number of anilines is 1. The molecule has 3 N–H and O–H groups in total. The molecule has 0 aliphatic carbocycles. The molecule has 0 bridgehead atoms. The number of thiazole rings is 1. The van der Waals surface area contributed by atoms with Crippen LogP contribution in [-0.4, -0.2) is 21.8 Å². The molecule has 156 valence electrons. The van der Waals surface area contributed by atoms with Crippen LogP contribution in [0.25, 0.3) is 6.08 Å². The molecule has 3 rings (SSSR count). The number of nitrogens with zero attached hydrogens (tertiary/aromatic N) is 2. The predicted molar refractivity (Wildman–Crippen MR) is 120 cm³/mol. The second-order valence-electron chi connectivity index (χ2n) is 7.45. The van der Waals surface area contributed by atoms with E-state index in [-0.39, 0.29) is 11.3 Å². The lowest BCUT2D eigenvalue weighted by Gasteiger charge is -2.12. The van der Waals surface area contributed by atoms with Gasteiger partial charge in [0.05, 0.1) is 22.4 Å². The summed E-state index contributed by atoms with van der Waals surface area (Å²) in [6, 6.07) is 6.82. The van der Waals surface area contributed by atoms with E-state index in [0.717, 1.165) is 15.5 Å². The molecular formula is C21H22N4O3S2. The highest BCUT2D eigenvalue weighted by Crippen LogP contribution is 2.32. The van der Waals surface area contributed by atoms with Crippen molar-refractivity contribution in [1.82, 2.24) is 9.97 Å². The molecule has 0 saturated carbocycles. The highest BCUT2D eigenvalue weighted by molar-refractivity contribution is 8.00. The van der Waals surface area contributed by atoms with Gasteiger partial charge in [-0.1, -0.05) is 44.2 Å². The molecule has 30 heavy (non-hydrogen) atoms. The van der Waals surface area contributed by atoms with Gasteiger partial charge < -0.3 is 10.2 Å². The van der Waals surface area contributed by atoms with Crippen LogP contribution in [0, 0.1) is 0 Å². The van der Waals surface area contributed by atoms with Gasteiger partial charge in [0.1, 0.15) is 5.76 Å². The summed E-state index contributed by atoms with van der Waals surface area (Å²) in [5.74, 6) is 1.33. The number of hydrogen-bond acceptors (Lipinski definition) is 7. The van der Waals surface area contributed by atoms with Crippen LogP contribution in [0.4, 0.5) is 5.13 Å². The Bertz CT molecular complexity index is 1060. The van der Waals surface area contributed by atoms with E-state index in [1.54, 1.807) is 54.5 Å². The summed E-state index contributed by atoms with van der Waals surface area (Å²) in [7, 11) is 0. The summed E-state index contributed by atoms with van der Waals surface area (Å²) >= 11 is 2.94. The number of benzene rings is 1. The first kappa shape index (κ1) is 21.8. The fourth-order valence-electron chi connectivity index (χ4n) is 2.33. The third-order valence-corrected chi connectivity index (χ3v) is 6.04. The number of nitrogens with two attached hydrogens (primary N) is 1. The van der Waals surface area contributed by atoms with E-state index < -0.39 is 5.91 Å². The molecule has 0 unspecified atom stereocenters. The number of oxazole rings is 1. The Balaban J connectivity index is 1.55. The Hall–Kier alpha value is -2.91. The molecule has 3 aromatic rings. The number of hydrogen-bond donors (Lipinski definition) is 2. The fraction of sp³-hybridized carbons (Fsp3) is 0.238. The van der Waals surface area contributed by atoms with Gasteiger partial charge in [0, 0.05) is 17.1 Å². The van der Waals surface area contributed by atoms with Crippen LogP contribution in [0.3, 0.4) is 0 Å². The van der Waals surface area contributed by atoms with Crippen LogP contribution in [0.5, 0.6) is 0 Å². The van der Waals surface area contributed by atoms with Gasteiger partial charge in [-0.2, -0.15) is 0 Å². The first-order valence-electron chi connectivity index (χ1n) is 9.13. The first-order chi connectivity index (χ1) is 14.2. The zero-order chi connectivity index (χ0) is 21.7. The van der Waals surface area contributed by atoms with Crippen molar-refractivity contribution in [2.45, 2.75) is 36.1 Å². The van der Waals surface area contributed by atoms with Crippen molar-refractivity contribution in [3.05, 3.63) is 65.5 Å². The molecule has 0 radical (unpaired) electrons. The first-order valence-corrected chi connectivity index (χ1v) is 10.9. The minimum Gasteiger partial charge on any atom is -0.444 e. The third-order valence-electron chi connectivity index (χ3n) is 3.95. The number of amides is 2. The number of nitrogens with one attached hydrogen (secondary N) is 1. The minimum atomic E-state index is -0.522. The van der Waals surface area contributed by atoms with Crippen molar-refractivity contribution in [3.63, 3.8) is 0 Å². The smallest absolute Gasteiger partial charge is 0.257 e. The maximum atomic E-state index is 12.4. The van der Waals surface area contributed by atoms with E-state index in [9.17, 15) is 9.59 Å². The predicted octanol–water partition coefficient (Wildman–Crippen LogP) is 4.47. The minimum absolute atomic E-state index is 0.0752. The molecule has 2 amide bonds. The van der Waals surface area contributed by atoms with Gasteiger partial charge in [-0.25, -0.2) is 9.97 Å². The molecule has 0 atom stereocenters. The maximum absolute atomic E-state index is 12.4. The van der Waals surface area contributed by atoms with Gasteiger partial charge in [-0.3, -0.25) is 14.9 Å². The Morgan fingerprint density at radius 2 is 1.93 bits per heavy atom. The molecule has 0 spiro atoms. The van der Waals surface area contributed by atoms with Crippen LogP contribution in [0.1, 0.15) is 48.3 Å². The second-order valence-corrected chi connectivity index (χ2v) is 9.76.